The lowest BCUT2D eigenvalue weighted by molar-refractivity contribution is -0.149. The Morgan fingerprint density at radius 1 is 1.00 bits per heavy atom. The normalized spacial score (nSPS) is 15.5. The van der Waals surface area contributed by atoms with E-state index in [9.17, 15) is 24.0 Å². The van der Waals surface area contributed by atoms with Crippen LogP contribution in [0.3, 0.4) is 0 Å². The van der Waals surface area contributed by atoms with E-state index in [1.165, 1.54) is 40.5 Å². The Hall–Kier alpha value is -4.22. The van der Waals surface area contributed by atoms with Gasteiger partial charge in [0.15, 0.2) is 5.60 Å². The number of piperazine rings is 1. The fraction of sp³-hybridized carbons (Fsp3) is 0.391. The number of anilines is 1. The van der Waals surface area contributed by atoms with Gasteiger partial charge in [-0.2, -0.15) is 4.98 Å². The molecule has 1 saturated heterocycles. The van der Waals surface area contributed by atoms with E-state index in [4.69, 9.17) is 10.5 Å². The first-order valence-electron chi connectivity index (χ1n) is 11.1. The topological polar surface area (TPSA) is 157 Å². The van der Waals surface area contributed by atoms with Gasteiger partial charge in [-0.1, -0.05) is 6.07 Å². The SMILES string of the molecule is CC(C)(OC(N)=O)C(=O)N1CCN(C(=O)Nc2ccn(-c3ccc4c(c3)CC(=O)C4)c(=O)n2)CC1. The number of nitrogens with zero attached hydrogens (tertiary/aromatic N) is 4. The highest BCUT2D eigenvalue weighted by molar-refractivity contribution is 5.90. The van der Waals surface area contributed by atoms with Gasteiger partial charge in [0.05, 0.1) is 5.69 Å². The Kier molecular flexibility index (Phi) is 6.29. The van der Waals surface area contributed by atoms with Crippen molar-refractivity contribution in [2.75, 3.05) is 31.5 Å². The predicted molar refractivity (Wildman–Crippen MR) is 124 cm³/mol. The average Bonchev–Trinajstić information content (AvgIpc) is 3.17. The van der Waals surface area contributed by atoms with Crippen molar-refractivity contribution in [3.8, 4) is 5.69 Å². The van der Waals surface area contributed by atoms with E-state index in [1.807, 2.05) is 6.07 Å². The molecule has 4 amide bonds. The summed E-state index contributed by atoms with van der Waals surface area (Å²) in [6.07, 6.45) is 1.24. The van der Waals surface area contributed by atoms with Crippen molar-refractivity contribution in [3.63, 3.8) is 0 Å². The molecule has 1 aromatic carbocycles. The molecule has 0 bridgehead atoms. The molecule has 1 aliphatic carbocycles. The van der Waals surface area contributed by atoms with Crippen molar-refractivity contribution in [2.45, 2.75) is 32.3 Å². The molecule has 0 radical (unpaired) electrons. The van der Waals surface area contributed by atoms with Gasteiger partial charge in [0.2, 0.25) is 0 Å². The molecule has 1 aromatic heterocycles. The molecule has 184 valence electrons. The van der Waals surface area contributed by atoms with Gasteiger partial charge in [-0.15, -0.1) is 0 Å². The Bertz CT molecular complexity index is 1260. The average molecular weight is 482 g/mol. The van der Waals surface area contributed by atoms with Crippen LogP contribution in [-0.2, 0) is 27.2 Å². The van der Waals surface area contributed by atoms with Crippen molar-refractivity contribution in [1.82, 2.24) is 19.4 Å². The zero-order valence-electron chi connectivity index (χ0n) is 19.4. The van der Waals surface area contributed by atoms with Gasteiger partial charge in [-0.3, -0.25) is 19.5 Å². The van der Waals surface area contributed by atoms with Gasteiger partial charge < -0.3 is 20.3 Å². The van der Waals surface area contributed by atoms with Crippen LogP contribution in [0.2, 0.25) is 0 Å². The molecule has 0 atom stereocenters. The minimum Gasteiger partial charge on any atom is -0.434 e. The molecule has 0 saturated carbocycles. The second kappa shape index (κ2) is 9.20. The molecule has 3 N–H and O–H groups in total. The van der Waals surface area contributed by atoms with Gasteiger partial charge in [-0.05, 0) is 43.2 Å². The van der Waals surface area contributed by atoms with E-state index in [0.717, 1.165) is 11.1 Å². The van der Waals surface area contributed by atoms with Crippen LogP contribution < -0.4 is 16.7 Å². The summed E-state index contributed by atoms with van der Waals surface area (Å²) in [5, 5.41) is 2.61. The van der Waals surface area contributed by atoms with E-state index >= 15 is 0 Å². The third-order valence-electron chi connectivity index (χ3n) is 6.01. The molecule has 4 rings (SSSR count). The first-order chi connectivity index (χ1) is 16.5. The quantitative estimate of drug-likeness (QED) is 0.640. The lowest BCUT2D eigenvalue weighted by Gasteiger charge is -2.37. The summed E-state index contributed by atoms with van der Waals surface area (Å²) in [5.74, 6) is -0.159. The number of benzene rings is 1. The smallest absolute Gasteiger partial charge is 0.405 e. The number of rotatable bonds is 4. The number of nitrogens with two attached hydrogens (primary N) is 1. The first-order valence-corrected chi connectivity index (χ1v) is 11.1. The van der Waals surface area contributed by atoms with Crippen LogP contribution in [0, 0.1) is 0 Å². The fourth-order valence-corrected chi connectivity index (χ4v) is 4.23. The van der Waals surface area contributed by atoms with Gasteiger partial charge in [0.25, 0.3) is 5.91 Å². The molecule has 1 fully saturated rings. The standard InChI is InChI=1S/C23H26N6O6/c1-23(2,35-20(24)32)19(31)27-7-9-28(10-8-27)21(33)25-18-5-6-29(22(34)26-18)16-4-3-14-12-17(30)13-15(14)11-16/h3-6,11H,7-10,12-13H2,1-2H3,(H2,24,32)(H,25,26,33,34). The van der Waals surface area contributed by atoms with Crippen LogP contribution in [0.1, 0.15) is 25.0 Å². The maximum atomic E-state index is 12.7. The van der Waals surface area contributed by atoms with E-state index in [-0.39, 0.29) is 37.8 Å². The zero-order valence-corrected chi connectivity index (χ0v) is 19.4. The number of hydrogen-bond acceptors (Lipinski definition) is 7. The van der Waals surface area contributed by atoms with Crippen LogP contribution >= 0.6 is 0 Å². The number of urea groups is 1. The lowest BCUT2D eigenvalue weighted by Crippen LogP contribution is -2.56. The molecule has 0 unspecified atom stereocenters. The summed E-state index contributed by atoms with van der Waals surface area (Å²) in [7, 11) is 0. The molecule has 2 aromatic rings. The molecule has 0 spiro atoms. The van der Waals surface area contributed by atoms with E-state index in [2.05, 4.69) is 10.3 Å². The van der Waals surface area contributed by atoms with Crippen molar-refractivity contribution < 1.29 is 23.9 Å². The third-order valence-corrected chi connectivity index (χ3v) is 6.01. The second-order valence-electron chi connectivity index (χ2n) is 8.95. The highest BCUT2D eigenvalue weighted by Crippen LogP contribution is 2.22. The van der Waals surface area contributed by atoms with E-state index in [1.54, 1.807) is 12.1 Å². The first kappa shape index (κ1) is 23.9. The Morgan fingerprint density at radius 3 is 2.31 bits per heavy atom. The number of amides is 4. The summed E-state index contributed by atoms with van der Waals surface area (Å²) >= 11 is 0. The van der Waals surface area contributed by atoms with Gasteiger partial charge in [0, 0.05) is 45.2 Å². The van der Waals surface area contributed by atoms with Crippen molar-refractivity contribution in [1.29, 1.82) is 0 Å². The largest absolute Gasteiger partial charge is 0.434 e. The Morgan fingerprint density at radius 2 is 1.66 bits per heavy atom. The van der Waals surface area contributed by atoms with E-state index in [0.29, 0.717) is 18.5 Å². The van der Waals surface area contributed by atoms with Crippen LogP contribution in [0.4, 0.5) is 15.4 Å². The number of nitrogens with one attached hydrogen (secondary N) is 1. The molecule has 2 heterocycles. The van der Waals surface area contributed by atoms with Crippen LogP contribution in [-0.4, -0.2) is 74.9 Å². The summed E-state index contributed by atoms with van der Waals surface area (Å²) < 4.78 is 6.23. The third kappa shape index (κ3) is 5.15. The van der Waals surface area contributed by atoms with Crippen molar-refractivity contribution in [2.24, 2.45) is 5.73 Å². The number of carbonyl (C=O) groups excluding carboxylic acids is 4. The van der Waals surface area contributed by atoms with Crippen LogP contribution in [0.15, 0.2) is 35.3 Å². The highest BCUT2D eigenvalue weighted by atomic mass is 16.6. The molecule has 12 heteroatoms. The van der Waals surface area contributed by atoms with Gasteiger partial charge >= 0.3 is 17.8 Å². The molecule has 1 aliphatic heterocycles. The maximum Gasteiger partial charge on any atom is 0.405 e. The number of aromatic nitrogens is 2. The minimum absolute atomic E-state index is 0.0992. The molecule has 35 heavy (non-hydrogen) atoms. The minimum atomic E-state index is -1.40. The zero-order chi connectivity index (χ0) is 25.3. The predicted octanol–water partition coefficient (Wildman–Crippen LogP) is 0.450. The number of carbonyl (C=O) groups is 4. The second-order valence-corrected chi connectivity index (χ2v) is 8.95. The summed E-state index contributed by atoms with van der Waals surface area (Å²) in [6, 6.07) is 6.46. The molecular weight excluding hydrogens is 456 g/mol. The van der Waals surface area contributed by atoms with Crippen LogP contribution in [0.5, 0.6) is 0 Å². The highest BCUT2D eigenvalue weighted by Gasteiger charge is 2.37. The number of Topliss-reactive ketones (excluding diaryl/α,β-unsaturated/α-hetero) is 1. The summed E-state index contributed by atoms with van der Waals surface area (Å²) in [4.78, 5) is 67.5. The van der Waals surface area contributed by atoms with Gasteiger partial charge in [-0.25, -0.2) is 14.4 Å². The monoisotopic (exact) mass is 482 g/mol. The van der Waals surface area contributed by atoms with Crippen molar-refractivity contribution >= 4 is 29.6 Å². The molecule has 2 aliphatic rings. The van der Waals surface area contributed by atoms with Gasteiger partial charge in [0.1, 0.15) is 11.6 Å². The summed E-state index contributed by atoms with van der Waals surface area (Å²) in [5.41, 5.74) is 5.52. The number of hydrogen-bond donors (Lipinski definition) is 2. The Labute approximate surface area is 200 Å². The molecular formula is C23H26N6O6. The maximum absolute atomic E-state index is 12.7. The number of ketones is 1. The Balaban J connectivity index is 1.36. The summed E-state index contributed by atoms with van der Waals surface area (Å²) in [6.45, 7) is 3.89. The van der Waals surface area contributed by atoms with Crippen molar-refractivity contribution in [3.05, 3.63) is 52.1 Å². The van der Waals surface area contributed by atoms with Crippen LogP contribution in [0.25, 0.3) is 5.69 Å². The fourth-order valence-electron chi connectivity index (χ4n) is 4.23. The molecule has 12 nitrogen and oxygen atoms in total. The number of primary amides is 1. The van der Waals surface area contributed by atoms with E-state index < -0.39 is 29.3 Å². The number of ether oxygens (including phenoxy) is 1. The lowest BCUT2D eigenvalue weighted by atomic mass is 10.1. The number of fused-ring (bicyclic) bond motifs is 1.